The number of carbonyl (C=O) groups excluding carboxylic acids is 2. The zero-order valence-corrected chi connectivity index (χ0v) is 22.7. The van der Waals surface area contributed by atoms with Crippen molar-refractivity contribution in [1.29, 1.82) is 0 Å². The first-order valence-corrected chi connectivity index (χ1v) is 12.5. The second-order valence-corrected chi connectivity index (χ2v) is 8.86. The van der Waals surface area contributed by atoms with E-state index in [0.29, 0.717) is 48.9 Å². The first-order chi connectivity index (χ1) is 18.2. The molecule has 2 amide bonds. The molecule has 2 rings (SSSR count). The van der Waals surface area contributed by atoms with E-state index in [1.807, 2.05) is 25.9 Å². The Bertz CT molecular complexity index is 1140. The van der Waals surface area contributed by atoms with Crippen molar-refractivity contribution in [3.05, 3.63) is 48.2 Å². The van der Waals surface area contributed by atoms with Crippen LogP contribution in [0, 0.1) is 17.8 Å². The molecule has 0 aliphatic carbocycles. The SMILES string of the molecule is CCCNc1nc(Nc2ccc(F)nc2)ncc1C#CCCCNC(=O)C(C)N(C)C(=O)/C=C/CN(C)C. The standard InChI is InChI=1S/C27H37FN8O2/c1-6-15-29-25-21(18-32-27(34-25)33-22-13-14-23(28)31-19-22)11-8-7-9-16-30-26(38)20(2)36(5)24(37)12-10-17-35(3)4/h10,12-14,18-20H,6-7,9,15-17H2,1-5H3,(H,30,38)(H2,29,32,33,34)/b12-10+. The van der Waals surface area contributed by atoms with Gasteiger partial charge in [-0.15, -0.1) is 0 Å². The van der Waals surface area contributed by atoms with Crippen molar-refractivity contribution >= 4 is 29.3 Å². The molecule has 0 aliphatic rings. The predicted octanol–water partition coefficient (Wildman–Crippen LogP) is 2.79. The van der Waals surface area contributed by atoms with Crippen LogP contribution in [0.1, 0.15) is 38.7 Å². The number of likely N-dealkylation sites (N-methyl/N-ethyl adjacent to an activating group) is 2. The number of halogens is 1. The van der Waals surface area contributed by atoms with Gasteiger partial charge in [-0.25, -0.2) is 9.97 Å². The van der Waals surface area contributed by atoms with Gasteiger partial charge in [0.1, 0.15) is 11.9 Å². The van der Waals surface area contributed by atoms with Crippen LogP contribution in [0.15, 0.2) is 36.7 Å². The number of amides is 2. The topological polar surface area (TPSA) is 115 Å². The molecule has 2 heterocycles. The van der Waals surface area contributed by atoms with Gasteiger partial charge in [0, 0.05) is 39.2 Å². The molecule has 1 atom stereocenters. The molecular formula is C27H37FN8O2. The summed E-state index contributed by atoms with van der Waals surface area (Å²) in [5.41, 5.74) is 1.22. The Morgan fingerprint density at radius 2 is 1.95 bits per heavy atom. The first-order valence-electron chi connectivity index (χ1n) is 12.5. The van der Waals surface area contributed by atoms with Gasteiger partial charge in [-0.3, -0.25) is 9.59 Å². The Labute approximate surface area is 224 Å². The summed E-state index contributed by atoms with van der Waals surface area (Å²) in [6.07, 6.45) is 8.36. The number of anilines is 3. The van der Waals surface area contributed by atoms with Crippen molar-refractivity contribution < 1.29 is 14.0 Å². The van der Waals surface area contributed by atoms with E-state index in [0.717, 1.165) is 13.0 Å². The van der Waals surface area contributed by atoms with Crippen LogP contribution in [0.5, 0.6) is 0 Å². The molecule has 0 spiro atoms. The Balaban J connectivity index is 1.87. The van der Waals surface area contributed by atoms with E-state index < -0.39 is 12.0 Å². The zero-order chi connectivity index (χ0) is 27.9. The maximum Gasteiger partial charge on any atom is 0.246 e. The van der Waals surface area contributed by atoms with Crippen molar-refractivity contribution in [2.75, 3.05) is 51.4 Å². The molecule has 11 heteroatoms. The minimum absolute atomic E-state index is 0.214. The minimum atomic E-state index is -0.584. The van der Waals surface area contributed by atoms with Crippen LogP contribution in [-0.2, 0) is 9.59 Å². The molecule has 0 fully saturated rings. The molecule has 38 heavy (non-hydrogen) atoms. The zero-order valence-electron chi connectivity index (χ0n) is 22.7. The van der Waals surface area contributed by atoms with Crippen molar-refractivity contribution in [3.63, 3.8) is 0 Å². The minimum Gasteiger partial charge on any atom is -0.369 e. The van der Waals surface area contributed by atoms with Crippen LogP contribution in [-0.4, -0.2) is 83.4 Å². The first kappa shape index (κ1) is 30.2. The summed E-state index contributed by atoms with van der Waals surface area (Å²) < 4.78 is 13.0. The third kappa shape index (κ3) is 10.5. The lowest BCUT2D eigenvalue weighted by Gasteiger charge is -2.23. The molecule has 10 nitrogen and oxygen atoms in total. The van der Waals surface area contributed by atoms with Crippen LogP contribution < -0.4 is 16.0 Å². The fourth-order valence-electron chi connectivity index (χ4n) is 3.03. The normalized spacial score (nSPS) is 11.6. The maximum atomic E-state index is 13.0. The van der Waals surface area contributed by atoms with Crippen LogP contribution in [0.4, 0.5) is 21.8 Å². The molecule has 0 saturated carbocycles. The number of nitrogens with zero attached hydrogens (tertiary/aromatic N) is 5. The number of nitrogens with one attached hydrogen (secondary N) is 3. The number of aromatic nitrogens is 3. The Hall–Kier alpha value is -4.04. The fourth-order valence-corrected chi connectivity index (χ4v) is 3.03. The lowest BCUT2D eigenvalue weighted by Crippen LogP contribution is -2.45. The van der Waals surface area contributed by atoms with Gasteiger partial charge < -0.3 is 25.8 Å². The van der Waals surface area contributed by atoms with E-state index in [1.165, 1.54) is 23.2 Å². The highest BCUT2D eigenvalue weighted by Crippen LogP contribution is 2.17. The average Bonchev–Trinajstić information content (AvgIpc) is 2.90. The second-order valence-electron chi connectivity index (χ2n) is 8.86. The highest BCUT2D eigenvalue weighted by molar-refractivity contribution is 5.92. The molecule has 0 bridgehead atoms. The van der Waals surface area contributed by atoms with Gasteiger partial charge in [-0.2, -0.15) is 9.37 Å². The van der Waals surface area contributed by atoms with Gasteiger partial charge in [-0.05, 0) is 46.0 Å². The molecule has 204 valence electrons. The number of hydrogen-bond donors (Lipinski definition) is 3. The van der Waals surface area contributed by atoms with Gasteiger partial charge in [0.2, 0.25) is 23.7 Å². The smallest absolute Gasteiger partial charge is 0.246 e. The van der Waals surface area contributed by atoms with E-state index in [-0.39, 0.29) is 11.8 Å². The average molecular weight is 525 g/mol. The third-order valence-corrected chi connectivity index (χ3v) is 5.35. The molecule has 1 unspecified atom stereocenters. The second kappa shape index (κ2) is 15.9. The summed E-state index contributed by atoms with van der Waals surface area (Å²) in [5.74, 6) is 6.14. The van der Waals surface area contributed by atoms with Crippen LogP contribution in [0.25, 0.3) is 0 Å². The van der Waals surface area contributed by atoms with E-state index in [4.69, 9.17) is 0 Å². The largest absolute Gasteiger partial charge is 0.369 e. The van der Waals surface area contributed by atoms with Crippen molar-refractivity contribution in [2.24, 2.45) is 0 Å². The molecule has 2 aromatic rings. The number of carbonyl (C=O) groups is 2. The van der Waals surface area contributed by atoms with E-state index >= 15 is 0 Å². The van der Waals surface area contributed by atoms with Gasteiger partial charge in [0.25, 0.3) is 0 Å². The summed E-state index contributed by atoms with van der Waals surface area (Å²) in [4.78, 5) is 40.4. The van der Waals surface area contributed by atoms with Gasteiger partial charge >= 0.3 is 0 Å². The molecule has 3 N–H and O–H groups in total. The van der Waals surface area contributed by atoms with Crippen molar-refractivity contribution in [3.8, 4) is 11.8 Å². The quantitative estimate of drug-likeness (QED) is 0.159. The molecule has 0 saturated heterocycles. The summed E-state index contributed by atoms with van der Waals surface area (Å²) in [5, 5.41) is 9.11. The maximum absolute atomic E-state index is 13.0. The lowest BCUT2D eigenvalue weighted by atomic mass is 10.2. The summed E-state index contributed by atoms with van der Waals surface area (Å²) >= 11 is 0. The molecule has 0 aromatic carbocycles. The number of hydrogen-bond acceptors (Lipinski definition) is 8. The summed E-state index contributed by atoms with van der Waals surface area (Å²) in [6, 6.07) is 2.22. The lowest BCUT2D eigenvalue weighted by molar-refractivity contribution is -0.135. The molecule has 0 radical (unpaired) electrons. The molecule has 0 aliphatic heterocycles. The highest BCUT2D eigenvalue weighted by Gasteiger charge is 2.20. The van der Waals surface area contributed by atoms with Crippen LogP contribution >= 0.6 is 0 Å². The van der Waals surface area contributed by atoms with Gasteiger partial charge in [0.15, 0.2) is 0 Å². The Morgan fingerprint density at radius 1 is 1.16 bits per heavy atom. The van der Waals surface area contributed by atoms with E-state index in [9.17, 15) is 14.0 Å². The molecule has 2 aromatic heterocycles. The predicted molar refractivity (Wildman–Crippen MR) is 147 cm³/mol. The van der Waals surface area contributed by atoms with Crippen LogP contribution in [0.3, 0.4) is 0 Å². The van der Waals surface area contributed by atoms with Crippen molar-refractivity contribution in [2.45, 2.75) is 39.2 Å². The molecular weight excluding hydrogens is 487 g/mol. The van der Waals surface area contributed by atoms with E-state index in [1.54, 1.807) is 32.3 Å². The number of pyridine rings is 1. The van der Waals surface area contributed by atoms with Crippen molar-refractivity contribution in [1.82, 2.24) is 30.1 Å². The van der Waals surface area contributed by atoms with Gasteiger partial charge in [-0.1, -0.05) is 24.8 Å². The van der Waals surface area contributed by atoms with Crippen LogP contribution in [0.2, 0.25) is 0 Å². The third-order valence-electron chi connectivity index (χ3n) is 5.35. The Morgan fingerprint density at radius 3 is 2.63 bits per heavy atom. The number of rotatable bonds is 13. The Kier molecular flexibility index (Phi) is 12.7. The highest BCUT2D eigenvalue weighted by atomic mass is 19.1. The van der Waals surface area contributed by atoms with Gasteiger partial charge in [0.05, 0.1) is 23.6 Å². The number of unbranched alkanes of at least 4 members (excludes halogenated alkanes) is 1. The van der Waals surface area contributed by atoms with E-state index in [2.05, 4.69) is 42.7 Å². The fraction of sp³-hybridized carbons (Fsp3) is 0.444. The monoisotopic (exact) mass is 524 g/mol. The summed E-state index contributed by atoms with van der Waals surface area (Å²) in [6.45, 7) is 5.56. The summed E-state index contributed by atoms with van der Waals surface area (Å²) in [7, 11) is 5.44.